The molecule has 2 heterocycles. The lowest BCUT2D eigenvalue weighted by Crippen LogP contribution is -2.14. The molecule has 6 nitrogen and oxygen atoms in total. The number of ether oxygens (including phenoxy) is 1. The lowest BCUT2D eigenvalue weighted by Gasteiger charge is -2.03. The summed E-state index contributed by atoms with van der Waals surface area (Å²) in [6, 6.07) is 10.6. The van der Waals surface area contributed by atoms with E-state index in [1.165, 1.54) is 0 Å². The highest BCUT2D eigenvalue weighted by Gasteiger charge is 2.34. The van der Waals surface area contributed by atoms with Crippen LogP contribution in [0.5, 0.6) is 0 Å². The van der Waals surface area contributed by atoms with Crippen molar-refractivity contribution < 1.29 is 19.4 Å². The molecule has 3 rings (SSSR count). The van der Waals surface area contributed by atoms with Gasteiger partial charge in [-0.05, 0) is 50.6 Å². The minimum Gasteiger partial charge on any atom is -0.506 e. The minimum absolute atomic E-state index is 0.0855. The van der Waals surface area contributed by atoms with Gasteiger partial charge in [0.25, 0.3) is 5.91 Å². The van der Waals surface area contributed by atoms with Crippen molar-refractivity contribution in [1.29, 1.82) is 0 Å². The second-order valence-electron chi connectivity index (χ2n) is 6.53. The van der Waals surface area contributed by atoms with Crippen LogP contribution < -0.4 is 0 Å². The third kappa shape index (κ3) is 4.19. The zero-order valence-electron chi connectivity index (χ0n) is 16.7. The lowest BCUT2D eigenvalue weighted by molar-refractivity contribution is -0.138. The summed E-state index contributed by atoms with van der Waals surface area (Å²) in [6.07, 6.45) is 1.79. The van der Waals surface area contributed by atoms with Gasteiger partial charge in [0.1, 0.15) is 16.4 Å². The first-order valence-corrected chi connectivity index (χ1v) is 9.96. The number of carbonyl (C=O) groups is 2. The van der Waals surface area contributed by atoms with E-state index in [0.29, 0.717) is 10.5 Å². The first kappa shape index (κ1) is 20.7. The first-order valence-electron chi connectivity index (χ1n) is 9.15. The molecule has 1 amide bonds. The maximum atomic E-state index is 12.5. The third-order valence-electron chi connectivity index (χ3n) is 4.70. The summed E-state index contributed by atoms with van der Waals surface area (Å²) in [4.78, 5) is 29.5. The highest BCUT2D eigenvalue weighted by atomic mass is 32.2. The van der Waals surface area contributed by atoms with Gasteiger partial charge in [-0.2, -0.15) is 0 Å². The van der Waals surface area contributed by atoms with E-state index < -0.39 is 11.9 Å². The number of aliphatic hydroxyl groups excluding tert-OH is 1. The molecule has 0 bridgehead atoms. The molecule has 2 aromatic rings. The summed E-state index contributed by atoms with van der Waals surface area (Å²) in [5.41, 5.74) is 3.32. The SMILES string of the molecule is CCOC(=O)C1=C(O)/C(=C/c2cc(C)n(C)c2C)SC1=NC(=O)c1ccccc1. The molecule has 0 fully saturated rings. The molecule has 0 radical (unpaired) electrons. The Morgan fingerprint density at radius 1 is 1.24 bits per heavy atom. The highest BCUT2D eigenvalue weighted by Crippen LogP contribution is 2.39. The van der Waals surface area contributed by atoms with Crippen molar-refractivity contribution in [1.82, 2.24) is 4.57 Å². The molecule has 7 heteroatoms. The van der Waals surface area contributed by atoms with Crippen LogP contribution in [0.1, 0.15) is 34.2 Å². The second-order valence-corrected chi connectivity index (χ2v) is 7.56. The van der Waals surface area contributed by atoms with Gasteiger partial charge in [0.2, 0.25) is 0 Å². The number of aryl methyl sites for hydroxylation is 1. The van der Waals surface area contributed by atoms with Gasteiger partial charge < -0.3 is 14.4 Å². The summed E-state index contributed by atoms with van der Waals surface area (Å²) in [5.74, 6) is -1.42. The monoisotopic (exact) mass is 410 g/mol. The average molecular weight is 410 g/mol. The Morgan fingerprint density at radius 2 is 1.93 bits per heavy atom. The normalized spacial score (nSPS) is 16.7. The van der Waals surface area contributed by atoms with Crippen molar-refractivity contribution in [2.24, 2.45) is 12.0 Å². The Hall–Kier alpha value is -3.06. The molecule has 1 aromatic carbocycles. The molecular weight excluding hydrogens is 388 g/mol. The zero-order chi connectivity index (χ0) is 21.1. The van der Waals surface area contributed by atoms with Crippen LogP contribution >= 0.6 is 11.8 Å². The van der Waals surface area contributed by atoms with E-state index in [-0.39, 0.29) is 23.0 Å². The van der Waals surface area contributed by atoms with Gasteiger partial charge in [0.05, 0.1) is 11.5 Å². The standard InChI is InChI=1S/C22H22N2O4S/c1-5-28-22(27)18-19(25)17(12-16-11-13(2)24(4)14(16)3)29-21(18)23-20(26)15-9-7-6-8-10-15/h6-12,25H,5H2,1-4H3/b17-12-,23-21?. The number of carbonyl (C=O) groups excluding carboxylic acids is 2. The fourth-order valence-corrected chi connectivity index (χ4v) is 3.90. The number of aliphatic hydroxyl groups is 1. The molecule has 0 atom stereocenters. The molecule has 0 unspecified atom stereocenters. The Kier molecular flexibility index (Phi) is 6.08. The van der Waals surface area contributed by atoms with Crippen molar-refractivity contribution in [3.05, 3.63) is 75.2 Å². The van der Waals surface area contributed by atoms with Gasteiger partial charge in [0, 0.05) is 24.0 Å². The molecule has 0 spiro atoms. The topological polar surface area (TPSA) is 80.9 Å². The van der Waals surface area contributed by atoms with Crippen molar-refractivity contribution in [2.75, 3.05) is 6.61 Å². The Labute approximate surface area is 173 Å². The predicted molar refractivity (Wildman–Crippen MR) is 115 cm³/mol. The van der Waals surface area contributed by atoms with E-state index in [9.17, 15) is 14.7 Å². The molecular formula is C22H22N2O4S. The largest absolute Gasteiger partial charge is 0.506 e. The Morgan fingerprint density at radius 3 is 2.52 bits per heavy atom. The van der Waals surface area contributed by atoms with Crippen LogP contribution in [0.3, 0.4) is 0 Å². The van der Waals surface area contributed by atoms with E-state index in [1.807, 2.05) is 31.5 Å². The highest BCUT2D eigenvalue weighted by molar-refractivity contribution is 8.18. The van der Waals surface area contributed by atoms with E-state index >= 15 is 0 Å². The molecule has 0 saturated carbocycles. The molecule has 1 aliphatic rings. The van der Waals surface area contributed by atoms with Crippen molar-refractivity contribution >= 4 is 34.8 Å². The Bertz CT molecular complexity index is 1060. The van der Waals surface area contributed by atoms with Crippen molar-refractivity contribution in [3.63, 3.8) is 0 Å². The number of rotatable bonds is 4. The number of benzene rings is 1. The fraction of sp³-hybridized carbons (Fsp3) is 0.227. The minimum atomic E-state index is -0.707. The number of nitrogens with zero attached hydrogens (tertiary/aromatic N) is 2. The van der Waals surface area contributed by atoms with Gasteiger partial charge in [0.15, 0.2) is 0 Å². The Balaban J connectivity index is 2.04. The maximum absolute atomic E-state index is 12.5. The van der Waals surface area contributed by atoms with Crippen molar-refractivity contribution in [2.45, 2.75) is 20.8 Å². The van der Waals surface area contributed by atoms with Gasteiger partial charge in [-0.25, -0.2) is 9.79 Å². The third-order valence-corrected chi connectivity index (χ3v) is 5.71. The zero-order valence-corrected chi connectivity index (χ0v) is 17.5. The number of esters is 1. The molecule has 150 valence electrons. The van der Waals surface area contributed by atoms with Gasteiger partial charge in [-0.15, -0.1) is 0 Å². The molecule has 1 N–H and O–H groups in total. The van der Waals surface area contributed by atoms with Crippen LogP contribution in [0.4, 0.5) is 0 Å². The van der Waals surface area contributed by atoms with Gasteiger partial charge in [-0.1, -0.05) is 30.0 Å². The van der Waals surface area contributed by atoms with E-state index in [1.54, 1.807) is 43.3 Å². The number of thioether (sulfide) groups is 1. The van der Waals surface area contributed by atoms with Crippen LogP contribution in [0.25, 0.3) is 6.08 Å². The summed E-state index contributed by atoms with van der Waals surface area (Å²) < 4.78 is 7.10. The molecule has 1 aromatic heterocycles. The van der Waals surface area contributed by atoms with E-state index in [4.69, 9.17) is 4.74 Å². The van der Waals surface area contributed by atoms with Gasteiger partial charge in [-0.3, -0.25) is 4.79 Å². The summed E-state index contributed by atoms with van der Waals surface area (Å²) in [6.45, 7) is 5.79. The molecule has 29 heavy (non-hydrogen) atoms. The van der Waals surface area contributed by atoms with Gasteiger partial charge >= 0.3 is 5.97 Å². The lowest BCUT2D eigenvalue weighted by atomic mass is 10.1. The summed E-state index contributed by atoms with van der Waals surface area (Å²) >= 11 is 1.08. The molecule has 0 aliphatic carbocycles. The van der Waals surface area contributed by atoms with Crippen LogP contribution in [0.15, 0.2) is 57.6 Å². The van der Waals surface area contributed by atoms with Crippen molar-refractivity contribution in [3.8, 4) is 0 Å². The second kappa shape index (κ2) is 8.53. The maximum Gasteiger partial charge on any atom is 0.344 e. The van der Waals surface area contributed by atoms with Crippen LogP contribution in [-0.4, -0.2) is 33.2 Å². The smallest absolute Gasteiger partial charge is 0.344 e. The first-order chi connectivity index (χ1) is 13.8. The van der Waals surface area contributed by atoms with E-state index in [2.05, 4.69) is 4.99 Å². The number of hydrogen-bond donors (Lipinski definition) is 1. The molecule has 0 saturated heterocycles. The van der Waals surface area contributed by atoms with Crippen LogP contribution in [-0.2, 0) is 16.6 Å². The van der Waals surface area contributed by atoms with Crippen LogP contribution in [0.2, 0.25) is 0 Å². The summed E-state index contributed by atoms with van der Waals surface area (Å²) in [5, 5.41) is 10.8. The van der Waals surface area contributed by atoms with Crippen LogP contribution in [0, 0.1) is 13.8 Å². The number of amides is 1. The predicted octanol–water partition coefficient (Wildman–Crippen LogP) is 4.34. The average Bonchev–Trinajstić information content (AvgIpc) is 3.13. The number of hydrogen-bond acceptors (Lipinski definition) is 5. The number of aromatic nitrogens is 1. The number of aliphatic imine (C=N–C) groups is 1. The van der Waals surface area contributed by atoms with E-state index in [0.717, 1.165) is 28.7 Å². The molecule has 1 aliphatic heterocycles. The quantitative estimate of drug-likeness (QED) is 0.758. The summed E-state index contributed by atoms with van der Waals surface area (Å²) in [7, 11) is 1.96. The fourth-order valence-electron chi connectivity index (χ4n) is 2.90.